The molecule has 8 heteroatoms. The van der Waals surface area contributed by atoms with E-state index in [2.05, 4.69) is 21.3 Å². The summed E-state index contributed by atoms with van der Waals surface area (Å²) in [7, 11) is 1.51. The highest BCUT2D eigenvalue weighted by molar-refractivity contribution is 6.08. The lowest BCUT2D eigenvalue weighted by Gasteiger charge is -2.32. The van der Waals surface area contributed by atoms with Crippen LogP contribution in [0, 0.1) is 0 Å². The van der Waals surface area contributed by atoms with Gasteiger partial charge in [-0.25, -0.2) is 9.59 Å². The van der Waals surface area contributed by atoms with Crippen LogP contribution in [0.3, 0.4) is 0 Å². The Hall–Kier alpha value is -2.77. The third-order valence-electron chi connectivity index (χ3n) is 3.60. The molecule has 1 atom stereocenters. The van der Waals surface area contributed by atoms with Crippen molar-refractivity contribution >= 4 is 23.7 Å². The number of hydrogen-bond acceptors (Lipinski definition) is 4. The van der Waals surface area contributed by atoms with Crippen molar-refractivity contribution in [1.82, 2.24) is 16.0 Å². The molecule has 4 N–H and O–H groups in total. The number of urea groups is 2. The Morgan fingerprint density at radius 1 is 1.38 bits per heavy atom. The molecule has 0 aromatic heterocycles. The van der Waals surface area contributed by atoms with E-state index >= 15 is 0 Å². The number of anilines is 1. The molecule has 2 aliphatic heterocycles. The third-order valence-corrected chi connectivity index (χ3v) is 3.60. The number of amides is 5. The fourth-order valence-electron chi connectivity index (χ4n) is 2.57. The van der Waals surface area contributed by atoms with E-state index in [1.165, 1.54) is 7.05 Å². The molecule has 1 aromatic rings. The van der Waals surface area contributed by atoms with E-state index in [0.717, 1.165) is 0 Å². The highest BCUT2D eigenvalue weighted by atomic mass is 16.5. The number of rotatable bonds is 1. The second-order valence-corrected chi connectivity index (χ2v) is 4.83. The lowest BCUT2D eigenvalue weighted by atomic mass is 9.84. The van der Waals surface area contributed by atoms with Crippen molar-refractivity contribution in [1.29, 1.82) is 0 Å². The van der Waals surface area contributed by atoms with Gasteiger partial charge < -0.3 is 20.7 Å². The maximum Gasteiger partial charge on any atom is 0.322 e. The molecule has 2 aliphatic rings. The fourth-order valence-corrected chi connectivity index (χ4v) is 2.57. The standard InChI is InChI=1S/C13H14N4O4/c1-14-11(19)15-7-2-3-8-9(6-7)21-5-4-13(8)10(18)16-12(20)17-13/h2-3,6H,4-5H2,1H3,(H2,14,15,19)(H2,16,17,18,20). The molecule has 1 saturated heterocycles. The van der Waals surface area contributed by atoms with Crippen LogP contribution < -0.4 is 26.0 Å². The molecule has 3 rings (SSSR count). The normalized spacial score (nSPS) is 22.9. The molecule has 2 heterocycles. The van der Waals surface area contributed by atoms with Crippen molar-refractivity contribution in [2.75, 3.05) is 19.0 Å². The zero-order chi connectivity index (χ0) is 15.0. The Balaban J connectivity index is 1.98. The van der Waals surface area contributed by atoms with Gasteiger partial charge in [-0.05, 0) is 6.07 Å². The number of fused-ring (bicyclic) bond motifs is 2. The number of carbonyl (C=O) groups excluding carboxylic acids is 3. The van der Waals surface area contributed by atoms with Crippen LogP contribution in [0.2, 0.25) is 0 Å². The summed E-state index contributed by atoms with van der Waals surface area (Å²) in [6.07, 6.45) is 0.361. The largest absolute Gasteiger partial charge is 0.493 e. The second-order valence-electron chi connectivity index (χ2n) is 4.83. The molecule has 1 unspecified atom stereocenters. The average Bonchev–Trinajstić information content (AvgIpc) is 2.73. The summed E-state index contributed by atoms with van der Waals surface area (Å²) in [5.74, 6) is 0.0802. The summed E-state index contributed by atoms with van der Waals surface area (Å²) in [6.45, 7) is 0.296. The molecule has 0 saturated carbocycles. The lowest BCUT2D eigenvalue weighted by molar-refractivity contribution is -0.125. The third kappa shape index (κ3) is 2.04. The van der Waals surface area contributed by atoms with Gasteiger partial charge in [-0.2, -0.15) is 0 Å². The van der Waals surface area contributed by atoms with Crippen LogP contribution >= 0.6 is 0 Å². The molecular formula is C13H14N4O4. The minimum absolute atomic E-state index is 0.296. The van der Waals surface area contributed by atoms with E-state index < -0.39 is 11.6 Å². The van der Waals surface area contributed by atoms with Gasteiger partial charge in [0.1, 0.15) is 5.75 Å². The number of imide groups is 1. The molecule has 0 bridgehead atoms. The van der Waals surface area contributed by atoms with Gasteiger partial charge in [0.05, 0.1) is 6.61 Å². The van der Waals surface area contributed by atoms with Crippen molar-refractivity contribution in [2.24, 2.45) is 0 Å². The van der Waals surface area contributed by atoms with Gasteiger partial charge in [0.2, 0.25) is 0 Å². The van der Waals surface area contributed by atoms with Gasteiger partial charge in [0, 0.05) is 30.8 Å². The number of benzene rings is 1. The van der Waals surface area contributed by atoms with Gasteiger partial charge in [0.25, 0.3) is 5.91 Å². The predicted molar refractivity (Wildman–Crippen MR) is 73.0 cm³/mol. The molecule has 0 radical (unpaired) electrons. The zero-order valence-electron chi connectivity index (χ0n) is 11.3. The predicted octanol–water partition coefficient (Wildman–Crippen LogP) is 0.255. The first-order chi connectivity index (χ1) is 10.0. The van der Waals surface area contributed by atoms with Crippen LogP contribution in [0.4, 0.5) is 15.3 Å². The lowest BCUT2D eigenvalue weighted by Crippen LogP contribution is -2.47. The molecule has 110 valence electrons. The van der Waals surface area contributed by atoms with Crippen LogP contribution in [0.15, 0.2) is 18.2 Å². The van der Waals surface area contributed by atoms with Gasteiger partial charge in [-0.3, -0.25) is 10.1 Å². The fraction of sp³-hybridized carbons (Fsp3) is 0.308. The van der Waals surface area contributed by atoms with E-state index in [1.54, 1.807) is 18.2 Å². The molecule has 5 amide bonds. The molecule has 1 spiro atoms. The molecular weight excluding hydrogens is 276 g/mol. The summed E-state index contributed by atoms with van der Waals surface area (Å²) in [4.78, 5) is 34.9. The second kappa shape index (κ2) is 4.65. The molecule has 0 aliphatic carbocycles. The minimum atomic E-state index is -1.09. The molecule has 8 nitrogen and oxygen atoms in total. The van der Waals surface area contributed by atoms with Gasteiger partial charge in [-0.1, -0.05) is 6.07 Å². The first-order valence-electron chi connectivity index (χ1n) is 6.45. The van der Waals surface area contributed by atoms with E-state index in [1.807, 2.05) is 0 Å². The number of ether oxygens (including phenoxy) is 1. The summed E-state index contributed by atoms with van der Waals surface area (Å²) in [5, 5.41) is 9.98. The summed E-state index contributed by atoms with van der Waals surface area (Å²) < 4.78 is 5.55. The first kappa shape index (κ1) is 13.2. The van der Waals surface area contributed by atoms with Gasteiger partial charge in [-0.15, -0.1) is 0 Å². The highest BCUT2D eigenvalue weighted by Crippen LogP contribution is 2.40. The van der Waals surface area contributed by atoms with Gasteiger partial charge in [0.15, 0.2) is 5.54 Å². The number of hydrogen-bond donors (Lipinski definition) is 4. The minimum Gasteiger partial charge on any atom is -0.493 e. The maximum absolute atomic E-state index is 12.1. The maximum atomic E-state index is 12.1. The molecule has 1 fully saturated rings. The quantitative estimate of drug-likeness (QED) is 0.556. The van der Waals surface area contributed by atoms with Crippen molar-refractivity contribution in [3.05, 3.63) is 23.8 Å². The van der Waals surface area contributed by atoms with Crippen molar-refractivity contribution < 1.29 is 19.1 Å². The summed E-state index contributed by atoms with van der Waals surface area (Å²) in [5.41, 5.74) is 0.0328. The van der Waals surface area contributed by atoms with Crippen molar-refractivity contribution in [3.8, 4) is 5.75 Å². The Labute approximate surface area is 120 Å². The number of carbonyl (C=O) groups is 3. The van der Waals surface area contributed by atoms with Crippen LogP contribution in [-0.4, -0.2) is 31.6 Å². The van der Waals surface area contributed by atoms with Crippen LogP contribution in [0.5, 0.6) is 5.75 Å². The summed E-state index contributed by atoms with van der Waals surface area (Å²) >= 11 is 0. The van der Waals surface area contributed by atoms with Crippen molar-refractivity contribution in [3.63, 3.8) is 0 Å². The smallest absolute Gasteiger partial charge is 0.322 e. The number of nitrogens with one attached hydrogen (secondary N) is 4. The molecule has 21 heavy (non-hydrogen) atoms. The Morgan fingerprint density at radius 2 is 2.19 bits per heavy atom. The Kier molecular flexibility index (Phi) is 2.93. The molecule has 1 aromatic carbocycles. The highest BCUT2D eigenvalue weighted by Gasteiger charge is 2.50. The van der Waals surface area contributed by atoms with E-state index in [9.17, 15) is 14.4 Å². The van der Waals surface area contributed by atoms with Crippen LogP contribution in [0.1, 0.15) is 12.0 Å². The van der Waals surface area contributed by atoms with E-state index in [4.69, 9.17) is 4.74 Å². The Morgan fingerprint density at radius 3 is 2.86 bits per heavy atom. The van der Waals surface area contributed by atoms with E-state index in [-0.39, 0.29) is 11.9 Å². The monoisotopic (exact) mass is 290 g/mol. The van der Waals surface area contributed by atoms with Crippen molar-refractivity contribution in [2.45, 2.75) is 12.0 Å². The SMILES string of the molecule is CNC(=O)Nc1ccc2c(c1)OCCC21NC(=O)NC1=O. The topological polar surface area (TPSA) is 109 Å². The van der Waals surface area contributed by atoms with Crippen LogP contribution in [0.25, 0.3) is 0 Å². The summed E-state index contributed by atoms with van der Waals surface area (Å²) in [6, 6.07) is 4.09. The zero-order valence-corrected chi connectivity index (χ0v) is 11.3. The van der Waals surface area contributed by atoms with Crippen LogP contribution in [-0.2, 0) is 10.3 Å². The average molecular weight is 290 g/mol. The Bertz CT molecular complexity index is 645. The van der Waals surface area contributed by atoms with E-state index in [0.29, 0.717) is 30.0 Å². The van der Waals surface area contributed by atoms with Gasteiger partial charge >= 0.3 is 12.1 Å². The first-order valence-corrected chi connectivity index (χ1v) is 6.45.